The lowest BCUT2D eigenvalue weighted by atomic mass is 10.0. The molecule has 2 nitrogen and oxygen atoms in total. The summed E-state index contributed by atoms with van der Waals surface area (Å²) in [7, 11) is 0. The maximum absolute atomic E-state index is 10.4. The Morgan fingerprint density at radius 2 is 1.92 bits per heavy atom. The van der Waals surface area contributed by atoms with Crippen LogP contribution in [0.4, 0.5) is 0 Å². The van der Waals surface area contributed by atoms with Gasteiger partial charge in [0.25, 0.3) is 0 Å². The maximum atomic E-state index is 10.4. The van der Waals surface area contributed by atoms with E-state index in [9.17, 15) is 9.59 Å². The first kappa shape index (κ1) is 8.94. The van der Waals surface area contributed by atoms with Gasteiger partial charge in [-0.25, -0.2) is 0 Å². The number of hydrogen-bond acceptors (Lipinski definition) is 2. The third-order valence-corrected chi connectivity index (χ3v) is 1.76. The highest BCUT2D eigenvalue weighted by atomic mass is 35.5. The summed E-state index contributed by atoms with van der Waals surface area (Å²) in [4.78, 5) is 20.7. The van der Waals surface area contributed by atoms with Gasteiger partial charge in [0, 0.05) is 5.02 Å². The Balaban J connectivity index is 3.00. The van der Waals surface area contributed by atoms with E-state index >= 15 is 0 Å². The molecule has 0 unspecified atom stereocenters. The predicted molar refractivity (Wildman–Crippen MR) is 46.3 cm³/mol. The van der Waals surface area contributed by atoms with Crippen LogP contribution in [-0.4, -0.2) is 12.6 Å². The molecule has 0 atom stereocenters. The van der Waals surface area contributed by atoms with E-state index in [1.807, 2.05) is 0 Å². The number of rotatable bonds is 3. The number of aldehydes is 2. The Morgan fingerprint density at radius 1 is 1.25 bits per heavy atom. The highest BCUT2D eigenvalue weighted by Crippen LogP contribution is 2.16. The van der Waals surface area contributed by atoms with Crippen molar-refractivity contribution in [3.05, 3.63) is 34.9 Å². The van der Waals surface area contributed by atoms with Gasteiger partial charge in [0.15, 0.2) is 0 Å². The van der Waals surface area contributed by atoms with E-state index in [1.54, 1.807) is 24.3 Å². The maximum Gasteiger partial charge on any atom is 0.134 e. The van der Waals surface area contributed by atoms with Crippen LogP contribution in [0.2, 0.25) is 5.02 Å². The molecule has 0 bridgehead atoms. The summed E-state index contributed by atoms with van der Waals surface area (Å²) in [5.41, 5.74) is 0.632. The van der Waals surface area contributed by atoms with Gasteiger partial charge in [-0.05, 0) is 17.7 Å². The largest absolute Gasteiger partial charge is 0.302 e. The molecule has 0 heterocycles. The van der Waals surface area contributed by atoms with Crippen LogP contribution in [-0.2, 0) is 9.59 Å². The average Bonchev–Trinajstić information content (AvgIpc) is 2.07. The molecule has 0 N–H and O–H groups in total. The molecule has 0 radical (unpaired) electrons. The van der Waals surface area contributed by atoms with Gasteiger partial charge in [0.1, 0.15) is 12.6 Å². The lowest BCUT2D eigenvalue weighted by Gasteiger charge is -2.01. The SMILES string of the molecule is O=CC(C=O)c1cccc(Cl)c1. The van der Waals surface area contributed by atoms with E-state index in [4.69, 9.17) is 11.6 Å². The molecule has 0 aliphatic heterocycles. The van der Waals surface area contributed by atoms with Crippen molar-refractivity contribution in [3.8, 4) is 0 Å². The lowest BCUT2D eigenvalue weighted by Crippen LogP contribution is -2.00. The molecular formula is C9H7ClO2. The molecule has 1 aromatic rings. The van der Waals surface area contributed by atoms with Crippen molar-refractivity contribution in [1.29, 1.82) is 0 Å². The zero-order valence-electron chi connectivity index (χ0n) is 6.24. The third kappa shape index (κ3) is 1.92. The van der Waals surface area contributed by atoms with Crippen molar-refractivity contribution < 1.29 is 9.59 Å². The molecule has 3 heteroatoms. The lowest BCUT2D eigenvalue weighted by molar-refractivity contribution is -0.116. The quantitative estimate of drug-likeness (QED) is 0.528. The molecule has 0 amide bonds. The van der Waals surface area contributed by atoms with Gasteiger partial charge in [0.2, 0.25) is 0 Å². The van der Waals surface area contributed by atoms with Gasteiger partial charge in [0.05, 0.1) is 5.92 Å². The Labute approximate surface area is 75.2 Å². The Hall–Kier alpha value is -1.15. The fourth-order valence-corrected chi connectivity index (χ4v) is 1.10. The first-order chi connectivity index (χ1) is 5.77. The molecule has 0 fully saturated rings. The van der Waals surface area contributed by atoms with E-state index in [0.717, 1.165) is 0 Å². The Bertz CT molecular complexity index is 288. The van der Waals surface area contributed by atoms with Gasteiger partial charge in [-0.3, -0.25) is 0 Å². The highest BCUT2D eigenvalue weighted by Gasteiger charge is 2.07. The summed E-state index contributed by atoms with van der Waals surface area (Å²) in [5, 5.41) is 0.529. The van der Waals surface area contributed by atoms with Crippen molar-refractivity contribution in [2.75, 3.05) is 0 Å². The number of carbonyl (C=O) groups is 2. The summed E-state index contributed by atoms with van der Waals surface area (Å²) < 4.78 is 0. The van der Waals surface area contributed by atoms with Crippen LogP contribution in [0.15, 0.2) is 24.3 Å². The molecular weight excluding hydrogens is 176 g/mol. The standard InChI is InChI=1S/C9H7ClO2/c10-9-3-1-2-7(4-9)8(5-11)6-12/h1-6,8H. The fourth-order valence-electron chi connectivity index (χ4n) is 0.903. The summed E-state index contributed by atoms with van der Waals surface area (Å²) in [6.45, 7) is 0. The molecule has 12 heavy (non-hydrogen) atoms. The van der Waals surface area contributed by atoms with Crippen LogP contribution in [0.5, 0.6) is 0 Å². The van der Waals surface area contributed by atoms with Crippen molar-refractivity contribution in [3.63, 3.8) is 0 Å². The summed E-state index contributed by atoms with van der Waals surface area (Å²) >= 11 is 5.67. The van der Waals surface area contributed by atoms with Crippen molar-refractivity contribution in [1.82, 2.24) is 0 Å². The molecule has 0 spiro atoms. The molecule has 1 aromatic carbocycles. The average molecular weight is 183 g/mol. The summed E-state index contributed by atoms with van der Waals surface area (Å²) in [6.07, 6.45) is 1.19. The molecule has 0 saturated heterocycles. The molecule has 62 valence electrons. The minimum Gasteiger partial charge on any atom is -0.302 e. The number of halogens is 1. The van der Waals surface area contributed by atoms with E-state index in [0.29, 0.717) is 23.2 Å². The topological polar surface area (TPSA) is 34.1 Å². The van der Waals surface area contributed by atoms with Gasteiger partial charge < -0.3 is 9.59 Å². The second-order valence-corrected chi connectivity index (χ2v) is 2.79. The van der Waals surface area contributed by atoms with Crippen LogP contribution < -0.4 is 0 Å². The molecule has 0 saturated carbocycles. The minimum atomic E-state index is -0.691. The van der Waals surface area contributed by atoms with Gasteiger partial charge in [-0.15, -0.1) is 0 Å². The van der Waals surface area contributed by atoms with Crippen LogP contribution in [0.25, 0.3) is 0 Å². The minimum absolute atomic E-state index is 0.529. The first-order valence-corrected chi connectivity index (χ1v) is 3.82. The van der Waals surface area contributed by atoms with Crippen LogP contribution in [0.1, 0.15) is 11.5 Å². The van der Waals surface area contributed by atoms with E-state index in [1.165, 1.54) is 0 Å². The number of hydrogen-bond donors (Lipinski definition) is 0. The van der Waals surface area contributed by atoms with E-state index < -0.39 is 5.92 Å². The third-order valence-electron chi connectivity index (χ3n) is 1.53. The van der Waals surface area contributed by atoms with Crippen LogP contribution in [0, 0.1) is 0 Å². The zero-order chi connectivity index (χ0) is 8.97. The van der Waals surface area contributed by atoms with E-state index in [2.05, 4.69) is 0 Å². The molecule has 0 aromatic heterocycles. The van der Waals surface area contributed by atoms with Crippen LogP contribution in [0.3, 0.4) is 0 Å². The zero-order valence-corrected chi connectivity index (χ0v) is 6.99. The summed E-state index contributed by atoms with van der Waals surface area (Å²) in [5.74, 6) is -0.691. The fraction of sp³-hybridized carbons (Fsp3) is 0.111. The van der Waals surface area contributed by atoms with Crippen LogP contribution >= 0.6 is 11.6 Å². The molecule has 0 aliphatic carbocycles. The Kier molecular flexibility index (Phi) is 3.00. The number of carbonyl (C=O) groups excluding carboxylic acids is 2. The van der Waals surface area contributed by atoms with Crippen molar-refractivity contribution in [2.45, 2.75) is 5.92 Å². The van der Waals surface area contributed by atoms with Crippen molar-refractivity contribution >= 4 is 24.2 Å². The Morgan fingerprint density at radius 3 is 2.42 bits per heavy atom. The first-order valence-electron chi connectivity index (χ1n) is 3.44. The van der Waals surface area contributed by atoms with E-state index in [-0.39, 0.29) is 0 Å². The molecule has 1 rings (SSSR count). The second-order valence-electron chi connectivity index (χ2n) is 2.35. The number of benzene rings is 1. The highest BCUT2D eigenvalue weighted by molar-refractivity contribution is 6.30. The van der Waals surface area contributed by atoms with Crippen molar-refractivity contribution in [2.24, 2.45) is 0 Å². The predicted octanol–water partition coefficient (Wildman–Crippen LogP) is 1.82. The smallest absolute Gasteiger partial charge is 0.134 e. The second kappa shape index (κ2) is 4.02. The summed E-state index contributed by atoms with van der Waals surface area (Å²) in [6, 6.07) is 6.70. The van der Waals surface area contributed by atoms with Gasteiger partial charge in [-0.1, -0.05) is 23.7 Å². The molecule has 0 aliphatic rings. The van der Waals surface area contributed by atoms with Gasteiger partial charge in [-0.2, -0.15) is 0 Å². The monoisotopic (exact) mass is 182 g/mol. The van der Waals surface area contributed by atoms with Gasteiger partial charge >= 0.3 is 0 Å². The normalized spacial score (nSPS) is 9.83.